The van der Waals surface area contributed by atoms with Gasteiger partial charge in [0.25, 0.3) is 0 Å². The van der Waals surface area contributed by atoms with Crippen molar-refractivity contribution in [1.29, 1.82) is 0 Å². The van der Waals surface area contributed by atoms with Crippen LogP contribution in [-0.4, -0.2) is 0 Å². The molecule has 0 bridgehead atoms. The summed E-state index contributed by atoms with van der Waals surface area (Å²) < 4.78 is 6.13. The summed E-state index contributed by atoms with van der Waals surface area (Å²) in [5, 5.41) is 2.37. The molecule has 0 aliphatic heterocycles. The van der Waals surface area contributed by atoms with Crippen molar-refractivity contribution in [1.82, 2.24) is 0 Å². The molecule has 0 saturated carbocycles. The molecule has 0 aliphatic carbocycles. The lowest BCUT2D eigenvalue weighted by Crippen LogP contribution is -1.97. The Kier molecular flexibility index (Phi) is 4.02. The molecule has 136 valence electrons. The Morgan fingerprint density at radius 2 is 1.21 bits per heavy atom. The second-order valence-corrected chi connectivity index (χ2v) is 7.56. The van der Waals surface area contributed by atoms with Crippen molar-refractivity contribution in [2.75, 3.05) is 0 Å². The van der Waals surface area contributed by atoms with Gasteiger partial charge in [-0.25, -0.2) is 0 Å². The Balaban J connectivity index is 1.86. The third kappa shape index (κ3) is 2.63. The first-order chi connectivity index (χ1) is 13.7. The number of furan rings is 1. The number of fused-ring (bicyclic) bond motifs is 3. The lowest BCUT2D eigenvalue weighted by atomic mass is 9.85. The minimum Gasteiger partial charge on any atom is -0.456 e. The molecule has 5 rings (SSSR count). The van der Waals surface area contributed by atoms with Gasteiger partial charge in [-0.1, -0.05) is 92.7 Å². The van der Waals surface area contributed by atoms with Crippen LogP contribution in [0.25, 0.3) is 44.2 Å². The molecule has 28 heavy (non-hydrogen) atoms. The molecule has 1 aromatic heterocycles. The molecule has 0 radical (unpaired) electrons. The molecule has 1 heterocycles. The smallest absolute Gasteiger partial charge is 0.136 e. The lowest BCUT2D eigenvalue weighted by Gasteiger charge is -2.19. The largest absolute Gasteiger partial charge is 0.456 e. The van der Waals surface area contributed by atoms with Crippen LogP contribution in [0.5, 0.6) is 0 Å². The van der Waals surface area contributed by atoms with Crippen molar-refractivity contribution in [3.8, 4) is 22.3 Å². The molecule has 0 atom stereocenters. The van der Waals surface area contributed by atoms with Gasteiger partial charge in [-0.3, -0.25) is 0 Å². The van der Waals surface area contributed by atoms with E-state index in [4.69, 9.17) is 4.42 Å². The second kappa shape index (κ2) is 6.69. The normalized spacial score (nSPS) is 11.5. The van der Waals surface area contributed by atoms with Crippen LogP contribution in [0.3, 0.4) is 0 Å². The molecule has 1 heteroatoms. The molecule has 4 aromatic carbocycles. The molecule has 5 aromatic rings. The van der Waals surface area contributed by atoms with Gasteiger partial charge in [0.2, 0.25) is 0 Å². The minimum atomic E-state index is 0.403. The SMILES string of the molecule is CC(C)c1c(-c2ccccc2)cccc1-c1cccc2oc3ccccc3c12. The van der Waals surface area contributed by atoms with E-state index in [1.54, 1.807) is 0 Å². The van der Waals surface area contributed by atoms with Crippen LogP contribution in [0, 0.1) is 0 Å². The predicted molar refractivity (Wildman–Crippen MR) is 119 cm³/mol. The minimum absolute atomic E-state index is 0.403. The zero-order chi connectivity index (χ0) is 19.1. The molecule has 0 amide bonds. The van der Waals surface area contributed by atoms with Crippen molar-refractivity contribution < 1.29 is 4.42 Å². The zero-order valence-corrected chi connectivity index (χ0v) is 16.1. The van der Waals surface area contributed by atoms with E-state index in [0.29, 0.717) is 5.92 Å². The van der Waals surface area contributed by atoms with Crippen molar-refractivity contribution >= 4 is 21.9 Å². The Bertz CT molecular complexity index is 1280. The number of rotatable bonds is 3. The van der Waals surface area contributed by atoms with Gasteiger partial charge in [0.1, 0.15) is 11.2 Å². The van der Waals surface area contributed by atoms with E-state index < -0.39 is 0 Å². The fourth-order valence-electron chi connectivity index (χ4n) is 4.29. The molecular formula is C27H22O. The molecule has 0 unspecified atom stereocenters. The van der Waals surface area contributed by atoms with Gasteiger partial charge >= 0.3 is 0 Å². The van der Waals surface area contributed by atoms with Crippen LogP contribution in [0.2, 0.25) is 0 Å². The topological polar surface area (TPSA) is 13.1 Å². The predicted octanol–water partition coefficient (Wildman–Crippen LogP) is 8.04. The van der Waals surface area contributed by atoms with Crippen LogP contribution in [-0.2, 0) is 0 Å². The molecule has 0 spiro atoms. The van der Waals surface area contributed by atoms with Crippen LogP contribution >= 0.6 is 0 Å². The van der Waals surface area contributed by atoms with Crippen molar-refractivity contribution in [3.63, 3.8) is 0 Å². The molecule has 1 nitrogen and oxygen atoms in total. The number of hydrogen-bond donors (Lipinski definition) is 0. The summed E-state index contributed by atoms with van der Waals surface area (Å²) in [6.45, 7) is 4.55. The Hall–Kier alpha value is -3.32. The summed E-state index contributed by atoms with van der Waals surface area (Å²) in [5.41, 5.74) is 8.35. The number of para-hydroxylation sites is 1. The average molecular weight is 362 g/mol. The number of benzene rings is 4. The highest BCUT2D eigenvalue weighted by Gasteiger charge is 2.18. The molecule has 0 fully saturated rings. The second-order valence-electron chi connectivity index (χ2n) is 7.56. The maximum Gasteiger partial charge on any atom is 0.136 e. The summed E-state index contributed by atoms with van der Waals surface area (Å²) in [5.74, 6) is 0.403. The van der Waals surface area contributed by atoms with Gasteiger partial charge in [0.15, 0.2) is 0 Å². The summed E-state index contributed by atoms with van der Waals surface area (Å²) in [7, 11) is 0. The van der Waals surface area contributed by atoms with Gasteiger partial charge in [0.05, 0.1) is 0 Å². The first-order valence-electron chi connectivity index (χ1n) is 9.83. The third-order valence-electron chi connectivity index (χ3n) is 5.46. The molecule has 0 N–H and O–H groups in total. The average Bonchev–Trinajstić information content (AvgIpc) is 3.12. The fraction of sp³-hybridized carbons (Fsp3) is 0.111. The summed E-state index contributed by atoms with van der Waals surface area (Å²) in [6.07, 6.45) is 0. The van der Waals surface area contributed by atoms with Crippen molar-refractivity contribution in [2.45, 2.75) is 19.8 Å². The van der Waals surface area contributed by atoms with E-state index in [2.05, 4.69) is 92.7 Å². The lowest BCUT2D eigenvalue weighted by molar-refractivity contribution is 0.669. The highest BCUT2D eigenvalue weighted by molar-refractivity contribution is 6.12. The summed E-state index contributed by atoms with van der Waals surface area (Å²) in [4.78, 5) is 0. The standard InChI is InChI=1S/C27H22O/c1-18(2)26-20(19-10-4-3-5-11-19)13-8-14-21(26)22-15-9-17-25-27(22)23-12-6-7-16-24(23)28-25/h3-18H,1-2H3. The monoisotopic (exact) mass is 362 g/mol. The van der Waals surface area contributed by atoms with Gasteiger partial charge in [-0.15, -0.1) is 0 Å². The van der Waals surface area contributed by atoms with Gasteiger partial charge < -0.3 is 4.42 Å². The van der Waals surface area contributed by atoms with Gasteiger partial charge in [0, 0.05) is 10.8 Å². The van der Waals surface area contributed by atoms with Crippen LogP contribution in [0.15, 0.2) is 95.4 Å². The van der Waals surface area contributed by atoms with Crippen molar-refractivity contribution in [2.24, 2.45) is 0 Å². The third-order valence-corrected chi connectivity index (χ3v) is 5.46. The van der Waals surface area contributed by atoms with Crippen LogP contribution in [0.4, 0.5) is 0 Å². The Morgan fingerprint density at radius 3 is 2.04 bits per heavy atom. The van der Waals surface area contributed by atoms with E-state index in [0.717, 1.165) is 11.2 Å². The van der Waals surface area contributed by atoms with Gasteiger partial charge in [-0.2, -0.15) is 0 Å². The number of hydrogen-bond acceptors (Lipinski definition) is 1. The van der Waals surface area contributed by atoms with E-state index in [1.165, 1.54) is 38.6 Å². The molecule has 0 aliphatic rings. The van der Waals surface area contributed by atoms with E-state index in [1.807, 2.05) is 12.1 Å². The van der Waals surface area contributed by atoms with Crippen LogP contribution in [0.1, 0.15) is 25.3 Å². The summed E-state index contributed by atoms with van der Waals surface area (Å²) in [6, 6.07) is 32.0. The highest BCUT2D eigenvalue weighted by atomic mass is 16.3. The highest BCUT2D eigenvalue weighted by Crippen LogP contribution is 2.42. The maximum atomic E-state index is 6.13. The summed E-state index contributed by atoms with van der Waals surface area (Å²) >= 11 is 0. The Morgan fingerprint density at radius 1 is 0.571 bits per heavy atom. The van der Waals surface area contributed by atoms with E-state index in [9.17, 15) is 0 Å². The van der Waals surface area contributed by atoms with Crippen LogP contribution < -0.4 is 0 Å². The van der Waals surface area contributed by atoms with Gasteiger partial charge in [-0.05, 0) is 45.9 Å². The maximum absolute atomic E-state index is 6.13. The molecule has 0 saturated heterocycles. The van der Waals surface area contributed by atoms with Crippen molar-refractivity contribution in [3.05, 3.63) is 96.6 Å². The Labute approximate surface area is 165 Å². The quantitative estimate of drug-likeness (QED) is 0.316. The first kappa shape index (κ1) is 16.8. The van der Waals surface area contributed by atoms with E-state index >= 15 is 0 Å². The zero-order valence-electron chi connectivity index (χ0n) is 16.1. The van der Waals surface area contributed by atoms with E-state index in [-0.39, 0.29) is 0 Å². The first-order valence-corrected chi connectivity index (χ1v) is 9.83. The fourth-order valence-corrected chi connectivity index (χ4v) is 4.29. The molecular weight excluding hydrogens is 340 g/mol.